The van der Waals surface area contributed by atoms with Crippen LogP contribution in [0.15, 0.2) is 24.5 Å². The van der Waals surface area contributed by atoms with E-state index in [0.29, 0.717) is 36.3 Å². The molecule has 1 saturated carbocycles. The van der Waals surface area contributed by atoms with E-state index in [4.69, 9.17) is 9.90 Å². The van der Waals surface area contributed by atoms with Crippen molar-refractivity contribution in [3.05, 3.63) is 30.3 Å². The molecule has 2 aromatic rings. The summed E-state index contributed by atoms with van der Waals surface area (Å²) in [6.45, 7) is 0.399. The predicted molar refractivity (Wildman–Crippen MR) is 111 cm³/mol. The Labute approximate surface area is 174 Å². The van der Waals surface area contributed by atoms with Gasteiger partial charge < -0.3 is 10.4 Å². The number of hydrogen-bond acceptors (Lipinski definition) is 6. The van der Waals surface area contributed by atoms with E-state index in [1.165, 1.54) is 25.5 Å². The van der Waals surface area contributed by atoms with Crippen LogP contribution in [0.5, 0.6) is 0 Å². The molecular formula is C21H26FN5O3. The van der Waals surface area contributed by atoms with Gasteiger partial charge in [-0.3, -0.25) is 14.5 Å². The second-order valence-electron chi connectivity index (χ2n) is 7.38. The van der Waals surface area contributed by atoms with Crippen molar-refractivity contribution < 1.29 is 19.1 Å². The molecule has 0 unspecified atom stereocenters. The summed E-state index contributed by atoms with van der Waals surface area (Å²) in [4.78, 5) is 35.0. The molecule has 4 rings (SSSR count). The third kappa shape index (κ3) is 5.49. The van der Waals surface area contributed by atoms with Crippen LogP contribution in [0.1, 0.15) is 51.4 Å². The van der Waals surface area contributed by atoms with Gasteiger partial charge in [-0.1, -0.05) is 19.3 Å². The summed E-state index contributed by atoms with van der Waals surface area (Å²) in [5.41, 5.74) is 0.835. The molecule has 0 spiro atoms. The van der Waals surface area contributed by atoms with Crippen LogP contribution in [0.3, 0.4) is 0 Å². The van der Waals surface area contributed by atoms with Gasteiger partial charge in [0.15, 0.2) is 5.82 Å². The normalized spacial score (nSPS) is 17.1. The standard InChI is InChI=1S/C20H24FN5O.CH2O2/c21-16-13-23-20(24-15-6-2-1-3-7-15)25-19(16)14-9-10-22-17(12-14)26-11-5-4-8-18(26)27;2-1-3/h9-10,12-13,15H,1-8,11H2,(H,23,24,25);1H,(H,2,3). The van der Waals surface area contributed by atoms with Gasteiger partial charge in [-0.25, -0.2) is 19.3 Å². The maximum atomic E-state index is 14.4. The van der Waals surface area contributed by atoms with Crippen molar-refractivity contribution in [3.8, 4) is 11.3 Å². The zero-order chi connectivity index (χ0) is 21.3. The molecule has 30 heavy (non-hydrogen) atoms. The molecule has 160 valence electrons. The van der Waals surface area contributed by atoms with Crippen LogP contribution in [0.4, 0.5) is 16.2 Å². The SMILES string of the molecule is O=C1CCCCN1c1cc(-c2nc(NC3CCCCC3)ncc2F)ccn1.O=CO. The Morgan fingerprint density at radius 3 is 2.67 bits per heavy atom. The average Bonchev–Trinajstić information content (AvgIpc) is 2.77. The third-order valence-corrected chi connectivity index (χ3v) is 5.30. The summed E-state index contributed by atoms with van der Waals surface area (Å²) in [6.07, 6.45) is 11.0. The van der Waals surface area contributed by atoms with Gasteiger partial charge >= 0.3 is 0 Å². The van der Waals surface area contributed by atoms with Crippen molar-refractivity contribution in [2.45, 2.75) is 57.4 Å². The second kappa shape index (κ2) is 10.6. The number of nitrogens with zero attached hydrogens (tertiary/aromatic N) is 4. The molecule has 1 amide bonds. The van der Waals surface area contributed by atoms with E-state index in [1.807, 2.05) is 0 Å². The monoisotopic (exact) mass is 415 g/mol. The number of anilines is 2. The summed E-state index contributed by atoms with van der Waals surface area (Å²) in [5.74, 6) is 0.586. The van der Waals surface area contributed by atoms with Crippen LogP contribution in [-0.4, -0.2) is 45.0 Å². The number of piperidine rings is 1. The summed E-state index contributed by atoms with van der Waals surface area (Å²) in [5, 5.41) is 10.2. The highest BCUT2D eigenvalue weighted by atomic mass is 19.1. The number of carboxylic acid groups (broad SMARTS) is 1. The molecule has 2 fully saturated rings. The molecule has 2 aromatic heterocycles. The Morgan fingerprint density at radius 2 is 1.93 bits per heavy atom. The molecule has 2 N–H and O–H groups in total. The van der Waals surface area contributed by atoms with E-state index in [0.717, 1.165) is 25.7 Å². The van der Waals surface area contributed by atoms with Gasteiger partial charge in [0.1, 0.15) is 11.5 Å². The lowest BCUT2D eigenvalue weighted by atomic mass is 9.96. The fourth-order valence-corrected chi connectivity index (χ4v) is 3.83. The van der Waals surface area contributed by atoms with Crippen molar-refractivity contribution in [1.82, 2.24) is 15.0 Å². The summed E-state index contributed by atoms with van der Waals surface area (Å²) < 4.78 is 14.4. The number of carbonyl (C=O) groups is 2. The minimum absolute atomic E-state index is 0.0636. The van der Waals surface area contributed by atoms with Crippen LogP contribution >= 0.6 is 0 Å². The van der Waals surface area contributed by atoms with E-state index in [1.54, 1.807) is 23.2 Å². The summed E-state index contributed by atoms with van der Waals surface area (Å²) >= 11 is 0. The largest absolute Gasteiger partial charge is 0.483 e. The molecule has 0 radical (unpaired) electrons. The predicted octanol–water partition coefficient (Wildman–Crippen LogP) is 3.64. The fraction of sp³-hybridized carbons (Fsp3) is 0.476. The van der Waals surface area contributed by atoms with Gasteiger partial charge in [-0.05, 0) is 37.8 Å². The number of aromatic nitrogens is 3. The average molecular weight is 415 g/mol. The Balaban J connectivity index is 0.000000806. The minimum Gasteiger partial charge on any atom is -0.483 e. The number of halogens is 1. The van der Waals surface area contributed by atoms with Crippen molar-refractivity contribution in [3.63, 3.8) is 0 Å². The quantitative estimate of drug-likeness (QED) is 0.734. The lowest BCUT2D eigenvalue weighted by Gasteiger charge is -2.26. The van der Waals surface area contributed by atoms with Gasteiger partial charge in [0, 0.05) is 30.8 Å². The molecule has 2 aliphatic rings. The molecule has 1 aliphatic carbocycles. The van der Waals surface area contributed by atoms with Crippen molar-refractivity contribution in [2.75, 3.05) is 16.8 Å². The number of rotatable bonds is 4. The van der Waals surface area contributed by atoms with Crippen LogP contribution in [-0.2, 0) is 9.59 Å². The summed E-state index contributed by atoms with van der Waals surface area (Å²) in [7, 11) is 0. The molecule has 1 aliphatic heterocycles. The van der Waals surface area contributed by atoms with Crippen molar-refractivity contribution >= 4 is 24.1 Å². The highest BCUT2D eigenvalue weighted by Gasteiger charge is 2.22. The molecular weight excluding hydrogens is 389 g/mol. The van der Waals surface area contributed by atoms with Crippen molar-refractivity contribution in [2.24, 2.45) is 0 Å². The zero-order valence-electron chi connectivity index (χ0n) is 16.8. The number of hydrogen-bond donors (Lipinski definition) is 2. The van der Waals surface area contributed by atoms with Crippen LogP contribution in [0.2, 0.25) is 0 Å². The highest BCUT2D eigenvalue weighted by Crippen LogP contribution is 2.27. The van der Waals surface area contributed by atoms with Gasteiger partial charge in [-0.2, -0.15) is 0 Å². The smallest absolute Gasteiger partial charge is 0.290 e. The number of amides is 1. The van der Waals surface area contributed by atoms with Gasteiger partial charge in [0.25, 0.3) is 6.47 Å². The lowest BCUT2D eigenvalue weighted by Crippen LogP contribution is -2.35. The Hall–Kier alpha value is -3.10. The minimum atomic E-state index is -0.480. The molecule has 0 atom stereocenters. The number of carbonyl (C=O) groups excluding carboxylic acids is 1. The van der Waals surface area contributed by atoms with E-state index in [9.17, 15) is 9.18 Å². The summed E-state index contributed by atoms with van der Waals surface area (Å²) in [6, 6.07) is 3.79. The van der Waals surface area contributed by atoms with E-state index >= 15 is 0 Å². The molecule has 3 heterocycles. The van der Waals surface area contributed by atoms with Gasteiger partial charge in [0.2, 0.25) is 11.9 Å². The van der Waals surface area contributed by atoms with Crippen LogP contribution < -0.4 is 10.2 Å². The molecule has 8 nitrogen and oxygen atoms in total. The van der Waals surface area contributed by atoms with Crippen molar-refractivity contribution in [1.29, 1.82) is 0 Å². The molecule has 0 bridgehead atoms. The van der Waals surface area contributed by atoms with Gasteiger partial charge in [0.05, 0.1) is 6.20 Å². The Morgan fingerprint density at radius 1 is 1.17 bits per heavy atom. The Kier molecular flexibility index (Phi) is 7.64. The maximum Gasteiger partial charge on any atom is 0.290 e. The van der Waals surface area contributed by atoms with Crippen LogP contribution in [0.25, 0.3) is 11.3 Å². The Bertz CT molecular complexity index is 873. The first-order valence-corrected chi connectivity index (χ1v) is 10.3. The topological polar surface area (TPSA) is 108 Å². The fourth-order valence-electron chi connectivity index (χ4n) is 3.83. The lowest BCUT2D eigenvalue weighted by molar-refractivity contribution is -0.123. The number of pyridine rings is 1. The molecule has 9 heteroatoms. The molecule has 0 aromatic carbocycles. The maximum absolute atomic E-state index is 14.4. The van der Waals surface area contributed by atoms with Gasteiger partial charge in [-0.15, -0.1) is 0 Å². The first-order chi connectivity index (χ1) is 14.6. The van der Waals surface area contributed by atoms with Crippen LogP contribution in [0, 0.1) is 5.82 Å². The molecule has 1 saturated heterocycles. The number of nitrogens with one attached hydrogen (secondary N) is 1. The zero-order valence-corrected chi connectivity index (χ0v) is 16.8. The first kappa shape index (κ1) is 21.6. The second-order valence-corrected chi connectivity index (χ2v) is 7.38. The highest BCUT2D eigenvalue weighted by molar-refractivity contribution is 5.93. The van der Waals surface area contributed by atoms with E-state index < -0.39 is 5.82 Å². The van der Waals surface area contributed by atoms with E-state index in [2.05, 4.69) is 20.3 Å². The third-order valence-electron chi connectivity index (χ3n) is 5.30. The first-order valence-electron chi connectivity index (χ1n) is 10.3. The van der Waals surface area contributed by atoms with E-state index in [-0.39, 0.29) is 18.1 Å².